The lowest BCUT2D eigenvalue weighted by Gasteiger charge is -2.25. The Balaban J connectivity index is 1.58. The van der Waals surface area contributed by atoms with E-state index in [0.717, 1.165) is 23.3 Å². The Hall–Kier alpha value is -5.15. The molecule has 47 heavy (non-hydrogen) atoms. The smallest absolute Gasteiger partial charge is 0.289 e. The molecule has 0 aliphatic carbocycles. The van der Waals surface area contributed by atoms with Gasteiger partial charge in [0.05, 0.1) is 42.6 Å². The second-order valence-electron chi connectivity index (χ2n) is 9.88. The molecule has 0 fully saturated rings. The largest absolute Gasteiger partial charge is 0.497 e. The number of nitrogens with zero attached hydrogens (tertiary/aromatic N) is 3. The minimum Gasteiger partial charge on any atom is -0.497 e. The van der Waals surface area contributed by atoms with Crippen molar-refractivity contribution < 1.29 is 37.1 Å². The first kappa shape index (κ1) is 34.7. The highest BCUT2D eigenvalue weighted by Gasteiger charge is 2.34. The number of nitrogens with one attached hydrogen (secondary N) is 1. The molecule has 15 heteroatoms. The fourth-order valence-corrected chi connectivity index (χ4v) is 6.54. The first-order valence-corrected chi connectivity index (χ1v) is 16.1. The number of benzene rings is 4. The fraction of sp³-hybridized carbons (Fsp3) is 0.188. The number of sulfonamides is 1. The minimum absolute atomic E-state index is 0.0458. The van der Waals surface area contributed by atoms with Crippen molar-refractivity contribution in [2.75, 3.05) is 32.2 Å². The molecule has 0 aromatic heterocycles. The number of nitro benzene ring substituents is 1. The zero-order valence-electron chi connectivity index (χ0n) is 25.8. The topological polar surface area (TPSA) is 159 Å². The normalized spacial score (nSPS) is 11.2. The number of anilines is 1. The third kappa shape index (κ3) is 8.37. The van der Waals surface area contributed by atoms with Gasteiger partial charge in [-0.1, -0.05) is 42.0 Å². The number of aryl methyl sites for hydroxylation is 1. The number of amides is 1. The quantitative estimate of drug-likeness (QED) is 0.0989. The number of hydrogen-bond donors (Lipinski definition) is 1. The van der Waals surface area contributed by atoms with Crippen LogP contribution in [0.5, 0.6) is 23.0 Å². The maximum atomic E-state index is 13.9. The van der Waals surface area contributed by atoms with Crippen LogP contribution in [0.4, 0.5) is 11.4 Å². The molecule has 0 radical (unpaired) electrons. The Morgan fingerprint density at radius 1 is 0.979 bits per heavy atom. The lowest BCUT2D eigenvalue weighted by atomic mass is 10.2. The van der Waals surface area contributed by atoms with Gasteiger partial charge in [-0.25, -0.2) is 13.8 Å². The van der Waals surface area contributed by atoms with Crippen LogP contribution in [0.1, 0.15) is 16.7 Å². The Morgan fingerprint density at radius 2 is 1.68 bits per heavy atom. The van der Waals surface area contributed by atoms with Crippen LogP contribution in [-0.4, -0.2) is 53.3 Å². The summed E-state index contributed by atoms with van der Waals surface area (Å²) in [5.41, 5.74) is 4.24. The Labute approximate surface area is 280 Å². The molecule has 1 N–H and O–H groups in total. The van der Waals surface area contributed by atoms with E-state index in [0.29, 0.717) is 38.2 Å². The van der Waals surface area contributed by atoms with Crippen molar-refractivity contribution in [3.63, 3.8) is 0 Å². The molecule has 1 amide bonds. The minimum atomic E-state index is -4.68. The van der Waals surface area contributed by atoms with Crippen molar-refractivity contribution in [1.29, 1.82) is 0 Å². The summed E-state index contributed by atoms with van der Waals surface area (Å²) in [6, 6.07) is 20.4. The number of nitro groups is 1. The summed E-state index contributed by atoms with van der Waals surface area (Å²) >= 11 is 3.49. The van der Waals surface area contributed by atoms with Gasteiger partial charge in [0.2, 0.25) is 0 Å². The number of ether oxygens (including phenoxy) is 4. The number of rotatable bonds is 14. The van der Waals surface area contributed by atoms with E-state index in [2.05, 4.69) is 26.5 Å². The van der Waals surface area contributed by atoms with Gasteiger partial charge in [-0.15, -0.1) is 0 Å². The second-order valence-corrected chi connectivity index (χ2v) is 12.6. The predicted molar refractivity (Wildman–Crippen MR) is 179 cm³/mol. The van der Waals surface area contributed by atoms with Gasteiger partial charge in [0, 0.05) is 12.1 Å². The van der Waals surface area contributed by atoms with Crippen molar-refractivity contribution in [1.82, 2.24) is 5.43 Å². The average Bonchev–Trinajstić information content (AvgIpc) is 3.06. The lowest BCUT2D eigenvalue weighted by Crippen LogP contribution is -2.40. The van der Waals surface area contributed by atoms with Gasteiger partial charge in [0.15, 0.2) is 16.4 Å². The molecule has 0 spiro atoms. The van der Waals surface area contributed by atoms with Gasteiger partial charge >= 0.3 is 0 Å². The summed E-state index contributed by atoms with van der Waals surface area (Å²) in [5.74, 6) is 0.441. The van der Waals surface area contributed by atoms with Gasteiger partial charge in [-0.2, -0.15) is 5.10 Å². The van der Waals surface area contributed by atoms with Crippen molar-refractivity contribution in [2.24, 2.45) is 5.10 Å². The summed E-state index contributed by atoms with van der Waals surface area (Å²) in [5, 5.41) is 15.7. The molecule has 0 atom stereocenters. The van der Waals surface area contributed by atoms with E-state index in [4.69, 9.17) is 18.9 Å². The zero-order valence-corrected chi connectivity index (χ0v) is 28.2. The second kappa shape index (κ2) is 15.4. The van der Waals surface area contributed by atoms with Gasteiger partial charge in [0.25, 0.3) is 21.6 Å². The molecule has 0 saturated carbocycles. The van der Waals surface area contributed by atoms with Crippen LogP contribution in [0.15, 0.2) is 93.3 Å². The summed E-state index contributed by atoms with van der Waals surface area (Å²) in [6.45, 7) is 1.51. The van der Waals surface area contributed by atoms with Crippen LogP contribution in [0.2, 0.25) is 0 Å². The number of methoxy groups -OCH3 is 3. The predicted octanol–water partition coefficient (Wildman–Crippen LogP) is 5.62. The fourth-order valence-electron chi connectivity index (χ4n) is 4.37. The Morgan fingerprint density at radius 3 is 2.34 bits per heavy atom. The van der Waals surface area contributed by atoms with Crippen molar-refractivity contribution in [2.45, 2.75) is 18.4 Å². The van der Waals surface area contributed by atoms with Crippen LogP contribution >= 0.6 is 15.9 Å². The van der Waals surface area contributed by atoms with E-state index in [1.165, 1.54) is 57.9 Å². The number of hydrogen-bond acceptors (Lipinski definition) is 10. The molecular weight excluding hydrogens is 696 g/mol. The first-order chi connectivity index (χ1) is 22.5. The van der Waals surface area contributed by atoms with Crippen LogP contribution in [-0.2, 0) is 21.4 Å². The number of carbonyl (C=O) groups is 1. The van der Waals surface area contributed by atoms with Gasteiger partial charge in [0.1, 0.15) is 24.7 Å². The molecule has 13 nitrogen and oxygen atoms in total. The van der Waals surface area contributed by atoms with Gasteiger partial charge in [-0.3, -0.25) is 19.2 Å². The van der Waals surface area contributed by atoms with Crippen molar-refractivity contribution in [3.05, 3.63) is 110 Å². The van der Waals surface area contributed by atoms with E-state index in [1.54, 1.807) is 12.1 Å². The summed E-state index contributed by atoms with van der Waals surface area (Å²) in [4.78, 5) is 23.4. The molecule has 4 rings (SSSR count). The molecular formula is C32H31BrN4O9S. The van der Waals surface area contributed by atoms with Crippen LogP contribution in [0.3, 0.4) is 0 Å². The highest BCUT2D eigenvalue weighted by molar-refractivity contribution is 9.10. The summed E-state index contributed by atoms with van der Waals surface area (Å²) in [7, 11) is -0.463. The average molecular weight is 728 g/mol. The molecule has 0 aliphatic heterocycles. The number of halogens is 1. The van der Waals surface area contributed by atoms with Gasteiger partial charge in [-0.05, 0) is 64.3 Å². The molecule has 0 unspecified atom stereocenters. The van der Waals surface area contributed by atoms with Crippen LogP contribution in [0, 0.1) is 17.0 Å². The first-order valence-electron chi connectivity index (χ1n) is 13.8. The molecule has 0 bridgehead atoms. The lowest BCUT2D eigenvalue weighted by molar-refractivity contribution is -0.387. The van der Waals surface area contributed by atoms with Crippen LogP contribution < -0.4 is 28.7 Å². The Bertz CT molecular complexity index is 1900. The monoisotopic (exact) mass is 726 g/mol. The number of carbonyl (C=O) groups excluding carboxylic acids is 1. The highest BCUT2D eigenvalue weighted by atomic mass is 79.9. The molecule has 246 valence electrons. The standard InChI is InChI=1S/C32H31BrN4O9S/c1-21-9-11-22(12-10-21)20-46-32-25(33)15-23(16-29(32)45-4)18-34-35-31(38)19-36(26-14-13-24(43-2)17-28(26)44-3)47(41,42)30-8-6-5-7-27(30)37(39)40/h5-18H,19-20H2,1-4H3,(H,35,38)/b34-18-. The molecule has 4 aromatic carbocycles. The number of hydrazone groups is 1. The zero-order chi connectivity index (χ0) is 34.1. The summed E-state index contributed by atoms with van der Waals surface area (Å²) in [6.07, 6.45) is 1.34. The van der Waals surface area contributed by atoms with Gasteiger partial charge < -0.3 is 18.9 Å². The van der Waals surface area contributed by atoms with Crippen molar-refractivity contribution in [3.8, 4) is 23.0 Å². The highest BCUT2D eigenvalue weighted by Crippen LogP contribution is 2.38. The molecule has 4 aromatic rings. The van der Waals surface area contributed by atoms with E-state index < -0.39 is 38.0 Å². The van der Waals surface area contributed by atoms with Crippen LogP contribution in [0.25, 0.3) is 0 Å². The van der Waals surface area contributed by atoms with E-state index in [9.17, 15) is 23.3 Å². The maximum Gasteiger partial charge on any atom is 0.289 e. The van der Waals surface area contributed by atoms with E-state index >= 15 is 0 Å². The summed E-state index contributed by atoms with van der Waals surface area (Å²) < 4.78 is 51.1. The third-order valence-electron chi connectivity index (χ3n) is 6.73. The van der Waals surface area contributed by atoms with E-state index in [-0.39, 0.29) is 11.4 Å². The molecule has 0 heterocycles. The molecule has 0 aliphatic rings. The maximum absolute atomic E-state index is 13.9. The third-order valence-corrected chi connectivity index (χ3v) is 9.13. The van der Waals surface area contributed by atoms with Crippen molar-refractivity contribution >= 4 is 49.4 Å². The van der Waals surface area contributed by atoms with E-state index in [1.807, 2.05) is 31.2 Å². The SMILES string of the molecule is COc1ccc(N(CC(=O)N/N=C\c2cc(Br)c(OCc3ccc(C)cc3)c(OC)c2)S(=O)(=O)c2ccccc2[N+](=O)[O-])c(OC)c1. The Kier molecular flexibility index (Phi) is 11.4. The molecule has 0 saturated heterocycles. The number of para-hydroxylation sites is 1.